The van der Waals surface area contributed by atoms with E-state index in [9.17, 15) is 19.8 Å². The molecule has 1 aliphatic carbocycles. The molecule has 0 amide bonds. The first-order chi connectivity index (χ1) is 15.1. The molecular formula is C23H23N3O5. The normalized spacial score (nSPS) is 17.0. The molecule has 8 heteroatoms. The van der Waals surface area contributed by atoms with E-state index >= 15 is 0 Å². The lowest BCUT2D eigenvalue weighted by Gasteiger charge is -2.29. The van der Waals surface area contributed by atoms with Crippen LogP contribution in [0.25, 0.3) is 16.6 Å². The second-order valence-corrected chi connectivity index (χ2v) is 8.02. The molecule has 3 aromatic rings. The van der Waals surface area contributed by atoms with E-state index in [0.717, 1.165) is 24.8 Å². The number of anilines is 1. The Labute approximate surface area is 178 Å². The Hall–Kier alpha value is -3.39. The van der Waals surface area contributed by atoms with Crippen molar-refractivity contribution in [2.45, 2.75) is 25.2 Å². The van der Waals surface area contributed by atoms with E-state index in [1.807, 2.05) is 36.4 Å². The zero-order valence-electron chi connectivity index (χ0n) is 17.0. The highest BCUT2D eigenvalue weighted by Gasteiger charge is 2.36. The monoisotopic (exact) mass is 421 g/mol. The molecule has 3 heterocycles. The summed E-state index contributed by atoms with van der Waals surface area (Å²) in [5, 5.41) is 24.9. The van der Waals surface area contributed by atoms with Gasteiger partial charge < -0.3 is 19.8 Å². The predicted molar refractivity (Wildman–Crippen MR) is 114 cm³/mol. The summed E-state index contributed by atoms with van der Waals surface area (Å²) in [7, 11) is 0. The fraction of sp³-hybridized carbons (Fsp3) is 0.348. The summed E-state index contributed by atoms with van der Waals surface area (Å²) in [5.74, 6) is -1.79. The lowest BCUT2D eigenvalue weighted by molar-refractivity contribution is 0.0652. The topological polar surface area (TPSA) is 104 Å². The maximum atomic E-state index is 12.3. The second kappa shape index (κ2) is 7.70. The first-order valence-corrected chi connectivity index (χ1v) is 10.5. The first kappa shape index (κ1) is 19.6. The predicted octanol–water partition coefficient (Wildman–Crippen LogP) is 3.50. The van der Waals surface area contributed by atoms with Gasteiger partial charge in [0.25, 0.3) is 0 Å². The minimum Gasteiger partial charge on any atom is -0.478 e. The number of carbonyl (C=O) groups is 2. The Balaban J connectivity index is 1.88. The molecule has 0 atom stereocenters. The summed E-state index contributed by atoms with van der Waals surface area (Å²) in [6, 6.07) is 11.3. The fourth-order valence-electron chi connectivity index (χ4n) is 4.53. The zero-order chi connectivity index (χ0) is 21.5. The van der Waals surface area contributed by atoms with Crippen molar-refractivity contribution in [3.05, 3.63) is 53.2 Å². The zero-order valence-corrected chi connectivity index (χ0v) is 17.0. The second-order valence-electron chi connectivity index (χ2n) is 8.02. The molecule has 2 N–H and O–H groups in total. The standard InChI is InChI=1S/C23H23N3O5/c27-22(28)18-19(23(29)30)21-16(14-5-2-1-3-6-14)13-17(25-9-11-31-12-10-25)24-26(21)20(18)15-7-4-8-15/h1-3,5-6,13,15H,4,7-12H2,(H,27,28)(H,29,30). The number of aromatic nitrogens is 2. The number of carboxylic acid groups (broad SMARTS) is 2. The molecular weight excluding hydrogens is 398 g/mol. The molecule has 1 aromatic carbocycles. The molecule has 0 unspecified atom stereocenters. The quantitative estimate of drug-likeness (QED) is 0.650. The Morgan fingerprint density at radius 2 is 1.68 bits per heavy atom. The molecule has 1 saturated carbocycles. The van der Waals surface area contributed by atoms with Crippen LogP contribution in [0, 0.1) is 0 Å². The molecule has 2 aromatic heterocycles. The number of rotatable bonds is 5. The van der Waals surface area contributed by atoms with Crippen LogP contribution in [0.1, 0.15) is 51.6 Å². The van der Waals surface area contributed by atoms with Crippen LogP contribution in [0.3, 0.4) is 0 Å². The van der Waals surface area contributed by atoms with Crippen LogP contribution in [0.15, 0.2) is 36.4 Å². The lowest BCUT2D eigenvalue weighted by Crippen LogP contribution is -2.37. The molecule has 31 heavy (non-hydrogen) atoms. The van der Waals surface area contributed by atoms with Gasteiger partial charge in [0, 0.05) is 24.6 Å². The summed E-state index contributed by atoms with van der Waals surface area (Å²) < 4.78 is 7.07. The third-order valence-corrected chi connectivity index (χ3v) is 6.25. The fourth-order valence-corrected chi connectivity index (χ4v) is 4.53. The van der Waals surface area contributed by atoms with E-state index in [1.165, 1.54) is 0 Å². The average molecular weight is 421 g/mol. The van der Waals surface area contributed by atoms with Crippen LogP contribution in [-0.2, 0) is 4.74 Å². The molecule has 1 aliphatic heterocycles. The van der Waals surface area contributed by atoms with Gasteiger partial charge in [-0.1, -0.05) is 36.8 Å². The molecule has 8 nitrogen and oxygen atoms in total. The van der Waals surface area contributed by atoms with Crippen molar-refractivity contribution < 1.29 is 24.5 Å². The van der Waals surface area contributed by atoms with Gasteiger partial charge >= 0.3 is 11.9 Å². The van der Waals surface area contributed by atoms with E-state index in [-0.39, 0.29) is 17.0 Å². The Morgan fingerprint density at radius 1 is 1.00 bits per heavy atom. The highest BCUT2D eigenvalue weighted by molar-refractivity contribution is 6.11. The van der Waals surface area contributed by atoms with Crippen molar-refractivity contribution >= 4 is 23.3 Å². The van der Waals surface area contributed by atoms with Crippen LogP contribution in [0.4, 0.5) is 5.82 Å². The van der Waals surface area contributed by atoms with E-state index in [2.05, 4.69) is 4.90 Å². The molecule has 2 fully saturated rings. The van der Waals surface area contributed by atoms with Crippen molar-refractivity contribution in [3.63, 3.8) is 0 Å². The maximum Gasteiger partial charge on any atom is 0.338 e. The maximum absolute atomic E-state index is 12.3. The van der Waals surface area contributed by atoms with E-state index in [0.29, 0.717) is 48.9 Å². The molecule has 0 spiro atoms. The van der Waals surface area contributed by atoms with Crippen LogP contribution < -0.4 is 4.90 Å². The number of hydrogen-bond acceptors (Lipinski definition) is 5. The highest BCUT2D eigenvalue weighted by Crippen LogP contribution is 2.43. The van der Waals surface area contributed by atoms with Gasteiger partial charge in [0.2, 0.25) is 0 Å². The van der Waals surface area contributed by atoms with Crippen molar-refractivity contribution in [3.8, 4) is 11.1 Å². The Morgan fingerprint density at radius 3 is 2.26 bits per heavy atom. The summed E-state index contributed by atoms with van der Waals surface area (Å²) in [5.41, 5.74) is 2.01. The number of fused-ring (bicyclic) bond motifs is 1. The van der Waals surface area contributed by atoms with Crippen molar-refractivity contribution in [2.75, 3.05) is 31.2 Å². The number of ether oxygens (including phenoxy) is 1. The number of aromatic carboxylic acids is 2. The first-order valence-electron chi connectivity index (χ1n) is 10.5. The Kier molecular flexibility index (Phi) is 4.86. The Bertz CT molecular complexity index is 1160. The summed E-state index contributed by atoms with van der Waals surface area (Å²) in [6.45, 7) is 2.51. The molecule has 0 radical (unpaired) electrons. The van der Waals surface area contributed by atoms with Gasteiger partial charge in [0.15, 0.2) is 0 Å². The van der Waals surface area contributed by atoms with Gasteiger partial charge in [-0.3, -0.25) is 0 Å². The smallest absolute Gasteiger partial charge is 0.338 e. The van der Waals surface area contributed by atoms with Crippen molar-refractivity contribution in [2.24, 2.45) is 0 Å². The number of carboxylic acids is 2. The van der Waals surface area contributed by atoms with Gasteiger partial charge in [-0.25, -0.2) is 14.1 Å². The number of morpholine rings is 1. The number of benzene rings is 1. The van der Waals surface area contributed by atoms with E-state index in [1.54, 1.807) is 4.52 Å². The summed E-state index contributed by atoms with van der Waals surface area (Å²) in [4.78, 5) is 26.7. The minimum absolute atomic E-state index is 0.0113. The highest BCUT2D eigenvalue weighted by atomic mass is 16.5. The van der Waals surface area contributed by atoms with Crippen LogP contribution in [0.2, 0.25) is 0 Å². The molecule has 2 aliphatic rings. The summed E-state index contributed by atoms with van der Waals surface area (Å²) >= 11 is 0. The molecule has 5 rings (SSSR count). The molecule has 1 saturated heterocycles. The van der Waals surface area contributed by atoms with Gasteiger partial charge in [-0.15, -0.1) is 5.10 Å². The van der Waals surface area contributed by atoms with Gasteiger partial charge in [0.05, 0.1) is 30.0 Å². The van der Waals surface area contributed by atoms with E-state index < -0.39 is 11.9 Å². The van der Waals surface area contributed by atoms with Crippen molar-refractivity contribution in [1.82, 2.24) is 9.61 Å². The van der Waals surface area contributed by atoms with Crippen LogP contribution in [-0.4, -0.2) is 58.1 Å². The third kappa shape index (κ3) is 3.23. The van der Waals surface area contributed by atoms with E-state index in [4.69, 9.17) is 9.84 Å². The lowest BCUT2D eigenvalue weighted by atomic mass is 9.81. The molecule has 0 bridgehead atoms. The SMILES string of the molecule is O=C(O)c1c(C(=O)O)c2c(-c3ccccc3)cc(N3CCOCC3)nn2c1C1CCC1. The minimum atomic E-state index is -1.25. The van der Waals surface area contributed by atoms with Crippen molar-refractivity contribution in [1.29, 1.82) is 0 Å². The molecule has 160 valence electrons. The van der Waals surface area contributed by atoms with Crippen LogP contribution >= 0.6 is 0 Å². The number of nitrogens with zero attached hydrogens (tertiary/aromatic N) is 3. The van der Waals surface area contributed by atoms with Gasteiger partial charge in [-0.05, 0) is 24.5 Å². The van der Waals surface area contributed by atoms with Gasteiger partial charge in [-0.2, -0.15) is 0 Å². The third-order valence-electron chi connectivity index (χ3n) is 6.25. The summed E-state index contributed by atoms with van der Waals surface area (Å²) in [6.07, 6.45) is 2.65. The van der Waals surface area contributed by atoms with Gasteiger partial charge in [0.1, 0.15) is 11.4 Å². The number of hydrogen-bond donors (Lipinski definition) is 2. The average Bonchev–Trinajstić information content (AvgIpc) is 3.08. The largest absolute Gasteiger partial charge is 0.478 e. The van der Waals surface area contributed by atoms with Crippen LogP contribution in [0.5, 0.6) is 0 Å².